The lowest BCUT2D eigenvalue weighted by atomic mass is 10.0. The van der Waals surface area contributed by atoms with Crippen molar-refractivity contribution in [3.63, 3.8) is 0 Å². The summed E-state index contributed by atoms with van der Waals surface area (Å²) in [6, 6.07) is 24.0. The minimum absolute atomic E-state index is 0.639. The zero-order chi connectivity index (χ0) is 21.4. The molecule has 0 unspecified atom stereocenters. The molecular weight excluding hydrogens is 445 g/mol. The van der Waals surface area contributed by atoms with Crippen molar-refractivity contribution in [2.45, 2.75) is 4.90 Å². The van der Waals surface area contributed by atoms with Gasteiger partial charge >= 0.3 is 0 Å². The molecule has 152 valence electrons. The van der Waals surface area contributed by atoms with Gasteiger partial charge in [0, 0.05) is 44.0 Å². The maximum atomic E-state index is 6.21. The summed E-state index contributed by atoms with van der Waals surface area (Å²) in [5.74, 6) is 0.639. The molecule has 0 fully saturated rings. The van der Waals surface area contributed by atoms with E-state index in [-0.39, 0.29) is 0 Å². The number of fused-ring (bicyclic) bond motifs is 1. The second-order valence-corrected chi connectivity index (χ2v) is 8.82. The van der Waals surface area contributed by atoms with Gasteiger partial charge in [-0.3, -0.25) is 4.40 Å². The van der Waals surface area contributed by atoms with Gasteiger partial charge in [0.2, 0.25) is 5.78 Å². The predicted molar refractivity (Wildman–Crippen MR) is 131 cm³/mol. The van der Waals surface area contributed by atoms with Gasteiger partial charge in [-0.25, -0.2) is 9.97 Å². The molecule has 0 aliphatic rings. The van der Waals surface area contributed by atoms with Crippen LogP contribution in [0, 0.1) is 0 Å². The lowest BCUT2D eigenvalue weighted by Gasteiger charge is -2.08. The van der Waals surface area contributed by atoms with Gasteiger partial charge in [0.15, 0.2) is 0 Å². The van der Waals surface area contributed by atoms with Crippen molar-refractivity contribution in [3.05, 3.63) is 95.2 Å². The summed E-state index contributed by atoms with van der Waals surface area (Å²) >= 11 is 14.1. The van der Waals surface area contributed by atoms with E-state index in [4.69, 9.17) is 28.2 Å². The van der Waals surface area contributed by atoms with Crippen LogP contribution >= 0.6 is 35.0 Å². The number of hydrogen-bond donors (Lipinski definition) is 0. The second-order valence-electron chi connectivity index (χ2n) is 7.07. The summed E-state index contributed by atoms with van der Waals surface area (Å²) in [5.41, 5.74) is 5.89. The second kappa shape index (κ2) is 8.39. The summed E-state index contributed by atoms with van der Waals surface area (Å²) in [6.45, 7) is 0. The first kappa shape index (κ1) is 20.1. The summed E-state index contributed by atoms with van der Waals surface area (Å²) in [7, 11) is 0. The highest BCUT2D eigenvalue weighted by Gasteiger charge is 2.17. The van der Waals surface area contributed by atoms with E-state index < -0.39 is 0 Å². The van der Waals surface area contributed by atoms with E-state index in [1.54, 1.807) is 11.8 Å². The largest absolute Gasteiger partial charge is 0.282 e. The van der Waals surface area contributed by atoms with Crippen LogP contribution in [-0.4, -0.2) is 20.6 Å². The molecule has 2 aromatic heterocycles. The molecule has 2 heterocycles. The monoisotopic (exact) mass is 461 g/mol. The number of nitrogens with zero attached hydrogens (tertiary/aromatic N) is 3. The SMILES string of the molecule is CSc1ccc(-c2c(-c3ccc(Cl)cc3)nc3ncc(-c4cccc(Cl)c4)cn23)cc1. The van der Waals surface area contributed by atoms with Crippen LogP contribution in [-0.2, 0) is 0 Å². The Hall–Kier alpha value is -2.79. The maximum Gasteiger partial charge on any atom is 0.234 e. The van der Waals surface area contributed by atoms with Gasteiger partial charge in [-0.1, -0.05) is 59.6 Å². The van der Waals surface area contributed by atoms with E-state index in [9.17, 15) is 0 Å². The minimum atomic E-state index is 0.639. The van der Waals surface area contributed by atoms with Crippen molar-refractivity contribution < 1.29 is 0 Å². The zero-order valence-corrected chi connectivity index (χ0v) is 18.9. The molecule has 0 aliphatic carbocycles. The van der Waals surface area contributed by atoms with Crippen LogP contribution in [0.1, 0.15) is 0 Å². The van der Waals surface area contributed by atoms with E-state index in [2.05, 4.69) is 41.7 Å². The van der Waals surface area contributed by atoms with Gasteiger partial charge in [0.05, 0.1) is 11.4 Å². The van der Waals surface area contributed by atoms with Gasteiger partial charge in [0.1, 0.15) is 0 Å². The fourth-order valence-corrected chi connectivity index (χ4v) is 4.31. The molecule has 0 saturated carbocycles. The van der Waals surface area contributed by atoms with E-state index in [1.807, 2.05) is 59.1 Å². The van der Waals surface area contributed by atoms with Gasteiger partial charge in [-0.2, -0.15) is 0 Å². The maximum absolute atomic E-state index is 6.21. The fraction of sp³-hybridized carbons (Fsp3) is 0.0400. The summed E-state index contributed by atoms with van der Waals surface area (Å²) in [5, 5.41) is 1.39. The topological polar surface area (TPSA) is 30.2 Å². The molecule has 0 bridgehead atoms. The van der Waals surface area contributed by atoms with Gasteiger partial charge < -0.3 is 0 Å². The molecule has 0 saturated heterocycles. The molecule has 0 atom stereocenters. The molecule has 5 aromatic rings. The molecule has 3 nitrogen and oxygen atoms in total. The minimum Gasteiger partial charge on any atom is -0.282 e. The Bertz CT molecular complexity index is 1380. The summed E-state index contributed by atoms with van der Waals surface area (Å²) in [4.78, 5) is 10.7. The van der Waals surface area contributed by atoms with Crippen LogP contribution in [0.15, 0.2) is 90.1 Å². The number of rotatable bonds is 4. The normalized spacial score (nSPS) is 11.2. The fourth-order valence-electron chi connectivity index (χ4n) is 3.58. The van der Waals surface area contributed by atoms with Crippen LogP contribution in [0.4, 0.5) is 0 Å². The molecule has 0 spiro atoms. The van der Waals surface area contributed by atoms with Gasteiger partial charge in [0.25, 0.3) is 0 Å². The molecule has 0 amide bonds. The predicted octanol–water partition coefficient (Wildman–Crippen LogP) is 7.76. The van der Waals surface area contributed by atoms with Crippen molar-refractivity contribution in [2.24, 2.45) is 0 Å². The number of benzene rings is 3. The van der Waals surface area contributed by atoms with Crippen molar-refractivity contribution >= 4 is 40.7 Å². The van der Waals surface area contributed by atoms with E-state index in [0.717, 1.165) is 33.6 Å². The Labute approximate surface area is 194 Å². The third-order valence-electron chi connectivity index (χ3n) is 5.12. The Kier molecular flexibility index (Phi) is 5.45. The standard InChI is InChI=1S/C25H17Cl2N3S/c1-31-22-11-7-17(8-12-22)24-23(16-5-9-20(26)10-6-16)29-25-28-14-19(15-30(24)25)18-3-2-4-21(27)13-18/h2-15H,1H3. The first-order valence-electron chi connectivity index (χ1n) is 9.67. The highest BCUT2D eigenvalue weighted by atomic mass is 35.5. The third-order valence-corrected chi connectivity index (χ3v) is 6.35. The first-order chi connectivity index (χ1) is 15.1. The molecule has 3 aromatic carbocycles. The Morgan fingerprint density at radius 1 is 0.774 bits per heavy atom. The lowest BCUT2D eigenvalue weighted by Crippen LogP contribution is -1.93. The highest BCUT2D eigenvalue weighted by Crippen LogP contribution is 2.35. The number of thioether (sulfide) groups is 1. The van der Waals surface area contributed by atoms with E-state index in [1.165, 1.54) is 4.90 Å². The zero-order valence-electron chi connectivity index (χ0n) is 16.6. The molecular formula is C25H17Cl2N3S. The van der Waals surface area contributed by atoms with Crippen LogP contribution in [0.5, 0.6) is 0 Å². The van der Waals surface area contributed by atoms with Crippen molar-refractivity contribution in [3.8, 4) is 33.6 Å². The van der Waals surface area contributed by atoms with Gasteiger partial charge in [-0.05, 0) is 48.2 Å². The number of hydrogen-bond acceptors (Lipinski definition) is 3. The summed E-state index contributed by atoms with van der Waals surface area (Å²) < 4.78 is 2.05. The van der Waals surface area contributed by atoms with Crippen molar-refractivity contribution in [1.82, 2.24) is 14.4 Å². The first-order valence-corrected chi connectivity index (χ1v) is 11.6. The Balaban J connectivity index is 1.76. The van der Waals surface area contributed by atoms with Crippen molar-refractivity contribution in [2.75, 3.05) is 6.26 Å². The quantitative estimate of drug-likeness (QED) is 0.256. The number of aromatic nitrogens is 3. The third kappa shape index (κ3) is 3.94. The molecule has 0 aliphatic heterocycles. The molecule has 31 heavy (non-hydrogen) atoms. The highest BCUT2D eigenvalue weighted by molar-refractivity contribution is 7.98. The lowest BCUT2D eigenvalue weighted by molar-refractivity contribution is 1.11. The number of imidazole rings is 1. The van der Waals surface area contributed by atoms with E-state index >= 15 is 0 Å². The average Bonchev–Trinajstić information content (AvgIpc) is 3.18. The molecule has 5 rings (SSSR count). The Morgan fingerprint density at radius 3 is 2.23 bits per heavy atom. The van der Waals surface area contributed by atoms with Gasteiger partial charge in [-0.15, -0.1) is 11.8 Å². The smallest absolute Gasteiger partial charge is 0.234 e. The summed E-state index contributed by atoms with van der Waals surface area (Å²) in [6.07, 6.45) is 5.97. The van der Waals surface area contributed by atoms with Crippen LogP contribution in [0.25, 0.3) is 39.4 Å². The van der Waals surface area contributed by atoms with E-state index in [0.29, 0.717) is 15.8 Å². The molecule has 0 N–H and O–H groups in total. The number of halogens is 2. The molecule has 0 radical (unpaired) electrons. The van der Waals surface area contributed by atoms with Crippen LogP contribution in [0.3, 0.4) is 0 Å². The van der Waals surface area contributed by atoms with Crippen molar-refractivity contribution in [1.29, 1.82) is 0 Å². The van der Waals surface area contributed by atoms with Crippen LogP contribution in [0.2, 0.25) is 10.0 Å². The average molecular weight is 462 g/mol. The Morgan fingerprint density at radius 2 is 1.52 bits per heavy atom. The van der Waals surface area contributed by atoms with Crippen LogP contribution < -0.4 is 0 Å². The molecule has 6 heteroatoms.